The Hall–Kier alpha value is -8.92. The van der Waals surface area contributed by atoms with Crippen LogP contribution in [0.3, 0.4) is 0 Å². The fourth-order valence-electron chi connectivity index (χ4n) is 11.3. The van der Waals surface area contributed by atoms with Gasteiger partial charge < -0.3 is 13.7 Å². The minimum Gasteiger partial charge on any atom is -0.456 e. The van der Waals surface area contributed by atoms with E-state index in [0.717, 1.165) is 94.0 Å². The second-order valence-electron chi connectivity index (χ2n) is 17.9. The number of hydrogen-bond donors (Lipinski definition) is 0. The van der Waals surface area contributed by atoms with Crippen LogP contribution in [0.4, 0.5) is 17.1 Å². The molecule has 0 fully saturated rings. The van der Waals surface area contributed by atoms with Gasteiger partial charge in [-0.05, 0) is 104 Å². The van der Waals surface area contributed by atoms with Crippen LogP contribution in [0.25, 0.3) is 88.0 Å². The number of fused-ring (bicyclic) bond motifs is 11. The Kier molecular flexibility index (Phi) is 8.50. The molecule has 1 aliphatic rings. The van der Waals surface area contributed by atoms with Gasteiger partial charge in [-0.3, -0.25) is 0 Å². The van der Waals surface area contributed by atoms with Gasteiger partial charge in [-0.25, -0.2) is 0 Å². The van der Waals surface area contributed by atoms with Gasteiger partial charge in [-0.2, -0.15) is 0 Å². The van der Waals surface area contributed by atoms with E-state index in [4.69, 9.17) is 8.83 Å². The summed E-state index contributed by atoms with van der Waals surface area (Å²) >= 11 is 0. The van der Waals surface area contributed by atoms with Gasteiger partial charge >= 0.3 is 0 Å². The summed E-state index contributed by atoms with van der Waals surface area (Å²) in [5.74, 6) is 0. The van der Waals surface area contributed by atoms with Crippen molar-refractivity contribution < 1.29 is 8.83 Å². The van der Waals surface area contributed by atoms with Crippen LogP contribution >= 0.6 is 0 Å². The molecule has 0 atom stereocenters. The number of furan rings is 2. The van der Waals surface area contributed by atoms with Crippen LogP contribution in [0.2, 0.25) is 0 Å². The molecule has 0 saturated carbocycles. The Morgan fingerprint density at radius 3 is 1.72 bits per heavy atom. The Bertz CT molecular complexity index is 4050. The molecule has 13 aromatic rings. The van der Waals surface area contributed by atoms with Crippen LogP contribution in [0, 0.1) is 0 Å². The fraction of sp³-hybridized carbons (Fsp3) is 0.0154. The standard InChI is InChI=1S/C65H41NO2/c1-3-17-45(18-4-1)65(46-19-5-2-6-20-46)58-27-12-9-22-50(58)51-39-36-48(41-59(51)65)66(47-34-30-42(31-35-47)44-33-37-54-53-24-11-14-29-61(53)67-62(54)40-44)60-28-13-10-23-52(60)55-25-15-26-56-57-38-32-43-16-7-8-21-49(43)63(57)68-64(55)56/h1-41H. The van der Waals surface area contributed by atoms with Crippen molar-refractivity contribution in [1.29, 1.82) is 0 Å². The zero-order valence-electron chi connectivity index (χ0n) is 36.9. The van der Waals surface area contributed by atoms with E-state index < -0.39 is 5.41 Å². The Morgan fingerprint density at radius 1 is 0.309 bits per heavy atom. The molecule has 3 nitrogen and oxygen atoms in total. The second kappa shape index (κ2) is 15.1. The predicted molar refractivity (Wildman–Crippen MR) is 281 cm³/mol. The van der Waals surface area contributed by atoms with Crippen LogP contribution < -0.4 is 4.90 Å². The summed E-state index contributed by atoms with van der Waals surface area (Å²) in [5.41, 5.74) is 18.0. The molecule has 68 heavy (non-hydrogen) atoms. The SMILES string of the molecule is c1ccc(C2(c3ccccc3)c3ccccc3-c3ccc(N(c4ccc(-c5ccc6c(c5)oc5ccccc56)cc4)c4ccccc4-c4cccc5c4oc4c6ccccc6ccc54)cc32)cc1. The van der Waals surface area contributed by atoms with E-state index >= 15 is 0 Å². The Labute approximate surface area is 393 Å². The molecule has 2 aromatic heterocycles. The van der Waals surface area contributed by atoms with E-state index in [9.17, 15) is 0 Å². The van der Waals surface area contributed by atoms with Gasteiger partial charge in [-0.1, -0.05) is 194 Å². The second-order valence-corrected chi connectivity index (χ2v) is 17.9. The lowest BCUT2D eigenvalue weighted by Crippen LogP contribution is -2.28. The highest BCUT2D eigenvalue weighted by Crippen LogP contribution is 2.57. The average molecular weight is 868 g/mol. The number of benzene rings is 11. The van der Waals surface area contributed by atoms with Crippen LogP contribution in [0.1, 0.15) is 22.3 Å². The maximum Gasteiger partial charge on any atom is 0.143 e. The van der Waals surface area contributed by atoms with Crippen molar-refractivity contribution in [1.82, 2.24) is 0 Å². The molecule has 318 valence electrons. The molecule has 2 heterocycles. The van der Waals surface area contributed by atoms with Crippen LogP contribution in [0.5, 0.6) is 0 Å². The van der Waals surface area contributed by atoms with E-state index in [-0.39, 0.29) is 0 Å². The molecule has 0 unspecified atom stereocenters. The number of para-hydroxylation sites is 3. The van der Waals surface area contributed by atoms with Crippen molar-refractivity contribution in [3.63, 3.8) is 0 Å². The van der Waals surface area contributed by atoms with E-state index in [1.54, 1.807) is 0 Å². The molecule has 0 amide bonds. The monoisotopic (exact) mass is 867 g/mol. The van der Waals surface area contributed by atoms with Crippen LogP contribution in [0.15, 0.2) is 258 Å². The van der Waals surface area contributed by atoms with Gasteiger partial charge in [0, 0.05) is 49.4 Å². The first kappa shape index (κ1) is 38.4. The van der Waals surface area contributed by atoms with Crippen molar-refractivity contribution in [2.45, 2.75) is 5.41 Å². The molecular weight excluding hydrogens is 827 g/mol. The summed E-state index contributed by atoms with van der Waals surface area (Å²) in [7, 11) is 0. The van der Waals surface area contributed by atoms with Crippen molar-refractivity contribution in [2.75, 3.05) is 4.90 Å². The quantitative estimate of drug-likeness (QED) is 0.160. The van der Waals surface area contributed by atoms with E-state index in [1.165, 1.54) is 33.4 Å². The highest BCUT2D eigenvalue weighted by molar-refractivity contribution is 6.18. The van der Waals surface area contributed by atoms with Gasteiger partial charge in [0.05, 0.1) is 11.1 Å². The third-order valence-corrected chi connectivity index (χ3v) is 14.4. The molecule has 0 aliphatic heterocycles. The van der Waals surface area contributed by atoms with E-state index in [0.29, 0.717) is 0 Å². The van der Waals surface area contributed by atoms with Crippen molar-refractivity contribution in [3.05, 3.63) is 271 Å². The van der Waals surface area contributed by atoms with Gasteiger partial charge in [0.25, 0.3) is 0 Å². The predicted octanol–water partition coefficient (Wildman–Crippen LogP) is 17.8. The lowest BCUT2D eigenvalue weighted by atomic mass is 9.67. The number of nitrogens with zero attached hydrogens (tertiary/aromatic N) is 1. The maximum atomic E-state index is 7.01. The lowest BCUT2D eigenvalue weighted by molar-refractivity contribution is 0.669. The minimum atomic E-state index is -0.558. The average Bonchev–Trinajstić information content (AvgIpc) is 4.08. The van der Waals surface area contributed by atoms with Crippen molar-refractivity contribution >= 4 is 71.7 Å². The molecule has 3 heteroatoms. The summed E-state index contributed by atoms with van der Waals surface area (Å²) < 4.78 is 13.4. The van der Waals surface area contributed by atoms with Gasteiger partial charge in [0.2, 0.25) is 0 Å². The van der Waals surface area contributed by atoms with Gasteiger partial charge in [0.1, 0.15) is 22.3 Å². The van der Waals surface area contributed by atoms with Gasteiger partial charge in [0.15, 0.2) is 0 Å². The van der Waals surface area contributed by atoms with Gasteiger partial charge in [-0.15, -0.1) is 0 Å². The summed E-state index contributed by atoms with van der Waals surface area (Å²) in [4.78, 5) is 2.43. The summed E-state index contributed by atoms with van der Waals surface area (Å²) in [6.07, 6.45) is 0. The first-order valence-electron chi connectivity index (χ1n) is 23.3. The number of hydrogen-bond acceptors (Lipinski definition) is 3. The van der Waals surface area contributed by atoms with Crippen LogP contribution in [-0.4, -0.2) is 0 Å². The highest BCUT2D eigenvalue weighted by atomic mass is 16.3. The topological polar surface area (TPSA) is 29.5 Å². The number of rotatable bonds is 7. The molecule has 11 aromatic carbocycles. The number of anilines is 3. The lowest BCUT2D eigenvalue weighted by Gasteiger charge is -2.35. The maximum absolute atomic E-state index is 7.01. The zero-order chi connectivity index (χ0) is 44.8. The minimum absolute atomic E-state index is 0.558. The molecule has 0 N–H and O–H groups in total. The molecule has 0 spiro atoms. The largest absolute Gasteiger partial charge is 0.456 e. The molecule has 0 saturated heterocycles. The first-order chi connectivity index (χ1) is 33.7. The molecular formula is C65H41NO2. The first-order valence-corrected chi connectivity index (χ1v) is 23.3. The highest BCUT2D eigenvalue weighted by Gasteiger charge is 2.46. The Balaban J connectivity index is 0.996. The van der Waals surface area contributed by atoms with Crippen molar-refractivity contribution in [2.24, 2.45) is 0 Å². The summed E-state index contributed by atoms with van der Waals surface area (Å²) in [6.45, 7) is 0. The molecule has 1 aliphatic carbocycles. The molecule has 0 bridgehead atoms. The third kappa shape index (κ3) is 5.66. The smallest absolute Gasteiger partial charge is 0.143 e. The molecule has 14 rings (SSSR count). The fourth-order valence-corrected chi connectivity index (χ4v) is 11.3. The normalized spacial score (nSPS) is 12.8. The Morgan fingerprint density at radius 2 is 0.897 bits per heavy atom. The van der Waals surface area contributed by atoms with Crippen LogP contribution in [-0.2, 0) is 5.41 Å². The third-order valence-electron chi connectivity index (χ3n) is 14.4. The molecule has 0 radical (unpaired) electrons. The van der Waals surface area contributed by atoms with E-state index in [2.05, 4.69) is 241 Å². The summed E-state index contributed by atoms with van der Waals surface area (Å²) in [6, 6.07) is 90.1. The van der Waals surface area contributed by atoms with Crippen molar-refractivity contribution in [3.8, 4) is 33.4 Å². The summed E-state index contributed by atoms with van der Waals surface area (Å²) in [5, 5.41) is 6.74. The van der Waals surface area contributed by atoms with E-state index in [1.807, 2.05) is 12.1 Å². The zero-order valence-corrected chi connectivity index (χ0v) is 36.9.